The molecule has 0 fully saturated rings. The maximum Gasteiger partial charge on any atom is 2.00 e. The zero-order valence-electron chi connectivity index (χ0n) is 16.0. The molecule has 0 atom stereocenters. The summed E-state index contributed by atoms with van der Waals surface area (Å²) in [6.07, 6.45) is 15.1. The number of unbranched alkanes of at least 4 members (excludes halogenated alkanes) is 10. The molecule has 0 bridgehead atoms. The van der Waals surface area contributed by atoms with E-state index in [0.29, 0.717) is 0 Å². The topological polar surface area (TPSA) is 74.6 Å². The molecule has 0 rings (SSSR count). The standard InChI is InChI=1S/2C8H17.C3H4O4.Ba/c2*1-3-5-7-8-6-4-2;4-2(5)1-3(6)7;/h2*1,3-8H2,2H3;1H2,(H,4,5)(H,6,7);/q2*-1;;+2. The molecule has 0 saturated heterocycles. The summed E-state index contributed by atoms with van der Waals surface area (Å²) in [7, 11) is 0. The van der Waals surface area contributed by atoms with Gasteiger partial charge in [-0.3, -0.25) is 9.59 Å². The maximum atomic E-state index is 9.43. The van der Waals surface area contributed by atoms with E-state index in [4.69, 9.17) is 10.2 Å². The van der Waals surface area contributed by atoms with Gasteiger partial charge in [0.2, 0.25) is 0 Å². The SMILES string of the molecule is O=C(O)CC(=O)O.[Ba+2].[CH2-]CCCCCCC.[CH2-]CCCCCCC. The van der Waals surface area contributed by atoms with E-state index >= 15 is 0 Å². The van der Waals surface area contributed by atoms with Gasteiger partial charge in [0, 0.05) is 0 Å². The monoisotopic (exact) mass is 468 g/mol. The van der Waals surface area contributed by atoms with Crippen LogP contribution < -0.4 is 0 Å². The molecular weight excluding hydrogens is 430 g/mol. The summed E-state index contributed by atoms with van der Waals surface area (Å²) in [5.74, 6) is -2.62. The van der Waals surface area contributed by atoms with Gasteiger partial charge in [-0.1, -0.05) is 78.1 Å². The molecule has 0 amide bonds. The minimum Gasteiger partial charge on any atom is -0.481 e. The van der Waals surface area contributed by atoms with Gasteiger partial charge in [-0.15, -0.1) is 0 Å². The van der Waals surface area contributed by atoms with Crippen molar-refractivity contribution in [2.75, 3.05) is 0 Å². The predicted molar refractivity (Wildman–Crippen MR) is 103 cm³/mol. The van der Waals surface area contributed by atoms with Crippen molar-refractivity contribution in [1.29, 1.82) is 0 Å². The second-order valence-corrected chi connectivity index (χ2v) is 5.50. The zero-order chi connectivity index (χ0) is 18.3. The van der Waals surface area contributed by atoms with Gasteiger partial charge < -0.3 is 24.1 Å². The number of carboxylic acid groups (broad SMARTS) is 2. The van der Waals surface area contributed by atoms with Gasteiger partial charge in [-0.25, -0.2) is 0 Å². The zero-order valence-corrected chi connectivity index (χ0v) is 20.5. The summed E-state index contributed by atoms with van der Waals surface area (Å²) in [6, 6.07) is 0. The third-order valence-electron chi connectivity index (χ3n) is 3.01. The van der Waals surface area contributed by atoms with Crippen LogP contribution in [0.3, 0.4) is 0 Å². The first-order valence-corrected chi connectivity index (χ1v) is 8.98. The molecule has 0 aromatic heterocycles. The Labute approximate surface area is 190 Å². The van der Waals surface area contributed by atoms with E-state index in [9.17, 15) is 9.59 Å². The van der Waals surface area contributed by atoms with Crippen molar-refractivity contribution in [2.24, 2.45) is 0 Å². The average molecular weight is 468 g/mol. The van der Waals surface area contributed by atoms with Crippen molar-refractivity contribution in [3.05, 3.63) is 13.8 Å². The van der Waals surface area contributed by atoms with Gasteiger partial charge in [0.25, 0.3) is 0 Å². The van der Waals surface area contributed by atoms with Crippen molar-refractivity contribution in [3.8, 4) is 0 Å². The summed E-state index contributed by atoms with van der Waals surface area (Å²) >= 11 is 0. The van der Waals surface area contributed by atoms with Crippen LogP contribution in [0, 0.1) is 13.8 Å². The Morgan fingerprint density at radius 2 is 0.958 bits per heavy atom. The fraction of sp³-hybridized carbons (Fsp3) is 0.789. The number of carboxylic acids is 2. The van der Waals surface area contributed by atoms with Gasteiger partial charge in [-0.05, 0) is 0 Å². The molecule has 0 aliphatic heterocycles. The Kier molecular flexibility index (Phi) is 42.0. The summed E-state index contributed by atoms with van der Waals surface area (Å²) in [4.78, 5) is 18.9. The maximum absolute atomic E-state index is 9.43. The van der Waals surface area contributed by atoms with Crippen LogP contribution >= 0.6 is 0 Å². The number of rotatable bonds is 12. The van der Waals surface area contributed by atoms with Crippen LogP contribution in [0.4, 0.5) is 0 Å². The molecule has 0 aliphatic carbocycles. The van der Waals surface area contributed by atoms with Crippen LogP contribution in [-0.4, -0.2) is 71.0 Å². The first-order chi connectivity index (χ1) is 11.0. The Morgan fingerprint density at radius 1 is 0.667 bits per heavy atom. The van der Waals surface area contributed by atoms with E-state index in [1.165, 1.54) is 64.2 Å². The largest absolute Gasteiger partial charge is 2.00 e. The molecule has 0 heterocycles. The molecule has 5 heteroatoms. The fourth-order valence-electron chi connectivity index (χ4n) is 1.69. The van der Waals surface area contributed by atoms with Gasteiger partial charge in [0.05, 0.1) is 0 Å². The van der Waals surface area contributed by atoms with Crippen LogP contribution in [0.5, 0.6) is 0 Å². The molecule has 4 nitrogen and oxygen atoms in total. The van der Waals surface area contributed by atoms with Gasteiger partial charge >= 0.3 is 60.8 Å². The molecule has 0 radical (unpaired) electrons. The normalized spacial score (nSPS) is 8.83. The van der Waals surface area contributed by atoms with Crippen LogP contribution in [0.1, 0.15) is 97.3 Å². The first kappa shape index (κ1) is 32.2. The average Bonchev–Trinajstić information content (AvgIpc) is 2.48. The van der Waals surface area contributed by atoms with Gasteiger partial charge in [0.1, 0.15) is 6.42 Å². The molecule has 24 heavy (non-hydrogen) atoms. The second kappa shape index (κ2) is 31.3. The van der Waals surface area contributed by atoms with Crippen molar-refractivity contribution in [3.63, 3.8) is 0 Å². The van der Waals surface area contributed by atoms with E-state index in [1.54, 1.807) is 0 Å². The minimum absolute atomic E-state index is 0. The predicted octanol–water partition coefficient (Wildman–Crippen LogP) is 5.53. The van der Waals surface area contributed by atoms with E-state index in [-0.39, 0.29) is 48.9 Å². The van der Waals surface area contributed by atoms with Crippen molar-refractivity contribution >= 4 is 60.8 Å². The van der Waals surface area contributed by atoms with E-state index in [2.05, 4.69) is 27.7 Å². The molecule has 0 saturated carbocycles. The minimum atomic E-state index is -1.31. The molecule has 0 aliphatic rings. The van der Waals surface area contributed by atoms with Gasteiger partial charge in [0.15, 0.2) is 0 Å². The Balaban J connectivity index is -0.000000123. The van der Waals surface area contributed by atoms with E-state index in [0.717, 1.165) is 12.8 Å². The van der Waals surface area contributed by atoms with E-state index < -0.39 is 18.4 Å². The summed E-state index contributed by atoms with van der Waals surface area (Å²) in [5.41, 5.74) is 0. The van der Waals surface area contributed by atoms with Crippen LogP contribution in [-0.2, 0) is 9.59 Å². The first-order valence-electron chi connectivity index (χ1n) is 8.98. The molecule has 2 N–H and O–H groups in total. The quantitative estimate of drug-likeness (QED) is 0.171. The van der Waals surface area contributed by atoms with Gasteiger partial charge in [-0.2, -0.15) is 12.8 Å². The molecule has 0 aromatic carbocycles. The number of carbonyl (C=O) groups is 2. The smallest absolute Gasteiger partial charge is 0.481 e. The van der Waals surface area contributed by atoms with Crippen LogP contribution in [0.2, 0.25) is 0 Å². The fourth-order valence-corrected chi connectivity index (χ4v) is 1.69. The molecule has 0 aromatic rings. The molecule has 0 spiro atoms. The summed E-state index contributed by atoms with van der Waals surface area (Å²) in [5, 5.41) is 15.4. The van der Waals surface area contributed by atoms with Crippen molar-refractivity contribution in [1.82, 2.24) is 0 Å². The molecular formula is C19H38BaO4. The summed E-state index contributed by atoms with van der Waals surface area (Å²) < 4.78 is 0. The molecule has 140 valence electrons. The third-order valence-corrected chi connectivity index (χ3v) is 3.01. The van der Waals surface area contributed by atoms with Crippen molar-refractivity contribution < 1.29 is 19.8 Å². The van der Waals surface area contributed by atoms with Crippen LogP contribution in [0.25, 0.3) is 0 Å². The Bertz CT molecular complexity index is 210. The van der Waals surface area contributed by atoms with Crippen molar-refractivity contribution in [2.45, 2.75) is 97.3 Å². The Morgan fingerprint density at radius 3 is 1.12 bits per heavy atom. The number of hydrogen-bond donors (Lipinski definition) is 2. The number of aliphatic carboxylic acids is 2. The molecule has 0 unspecified atom stereocenters. The summed E-state index contributed by atoms with van der Waals surface area (Å²) in [6.45, 7) is 12.0. The third kappa shape index (κ3) is 49.5. The van der Waals surface area contributed by atoms with Crippen LogP contribution in [0.15, 0.2) is 0 Å². The Hall–Kier alpha value is 0.511. The second-order valence-electron chi connectivity index (χ2n) is 5.50. The number of hydrogen-bond acceptors (Lipinski definition) is 2. The van der Waals surface area contributed by atoms with E-state index in [1.807, 2.05) is 0 Å².